The van der Waals surface area contributed by atoms with Gasteiger partial charge >= 0.3 is 0 Å². The summed E-state index contributed by atoms with van der Waals surface area (Å²) >= 11 is 1.72. The molecule has 0 aliphatic heterocycles. The molecular formula is C21H18FNS. The Morgan fingerprint density at radius 3 is 2.54 bits per heavy atom. The van der Waals surface area contributed by atoms with Crippen molar-refractivity contribution in [2.45, 2.75) is 24.7 Å². The van der Waals surface area contributed by atoms with Crippen LogP contribution in [0.3, 0.4) is 0 Å². The van der Waals surface area contributed by atoms with Gasteiger partial charge in [-0.25, -0.2) is 4.39 Å². The highest BCUT2D eigenvalue weighted by molar-refractivity contribution is 7.98. The summed E-state index contributed by atoms with van der Waals surface area (Å²) in [7, 11) is 0. The van der Waals surface area contributed by atoms with Crippen LogP contribution in [-0.4, -0.2) is 6.26 Å². The molecule has 3 rings (SSSR count). The van der Waals surface area contributed by atoms with E-state index in [2.05, 4.69) is 49.6 Å². The Hall–Kier alpha value is -2.31. The molecule has 1 aliphatic rings. The number of fused-ring (bicyclic) bond motifs is 1. The second-order valence-electron chi connectivity index (χ2n) is 5.78. The van der Waals surface area contributed by atoms with Crippen LogP contribution in [0.15, 0.2) is 52.9 Å². The van der Waals surface area contributed by atoms with Crippen LogP contribution in [0.5, 0.6) is 0 Å². The molecule has 0 saturated carbocycles. The third kappa shape index (κ3) is 3.16. The maximum atomic E-state index is 13.7. The van der Waals surface area contributed by atoms with Gasteiger partial charge in [-0.3, -0.25) is 0 Å². The molecule has 0 amide bonds. The molecule has 0 spiro atoms. The third-order valence-electron chi connectivity index (χ3n) is 4.37. The molecule has 1 nitrogen and oxygen atoms in total. The lowest BCUT2D eigenvalue weighted by molar-refractivity contribution is 0.627. The fraction of sp³-hybridized carbons (Fsp3) is 0.190. The molecule has 2 aromatic rings. The molecule has 0 unspecified atom stereocenters. The number of hydrogen-bond donors (Lipinski definition) is 0. The minimum atomic E-state index is -0.235. The summed E-state index contributed by atoms with van der Waals surface area (Å²) in [6.45, 7) is 2.06. The van der Waals surface area contributed by atoms with Crippen molar-refractivity contribution in [1.29, 1.82) is 5.26 Å². The van der Waals surface area contributed by atoms with Crippen molar-refractivity contribution in [1.82, 2.24) is 0 Å². The highest BCUT2D eigenvalue weighted by atomic mass is 32.2. The molecule has 3 heteroatoms. The zero-order valence-electron chi connectivity index (χ0n) is 13.8. The number of hydrogen-bond acceptors (Lipinski definition) is 2. The monoisotopic (exact) mass is 335 g/mol. The lowest BCUT2D eigenvalue weighted by Crippen LogP contribution is -1.87. The van der Waals surface area contributed by atoms with Crippen molar-refractivity contribution in [2.24, 2.45) is 0 Å². The molecule has 0 heterocycles. The molecule has 1 aliphatic carbocycles. The lowest BCUT2D eigenvalue weighted by Gasteiger charge is -2.05. The first-order valence-corrected chi connectivity index (χ1v) is 9.09. The van der Waals surface area contributed by atoms with Gasteiger partial charge < -0.3 is 0 Å². The van der Waals surface area contributed by atoms with Crippen LogP contribution in [0.25, 0.3) is 17.2 Å². The van der Waals surface area contributed by atoms with Crippen LogP contribution >= 0.6 is 11.8 Å². The van der Waals surface area contributed by atoms with E-state index in [9.17, 15) is 4.39 Å². The van der Waals surface area contributed by atoms with E-state index in [0.717, 1.165) is 33.4 Å². The second-order valence-corrected chi connectivity index (χ2v) is 6.66. The maximum absolute atomic E-state index is 13.7. The topological polar surface area (TPSA) is 23.8 Å². The van der Waals surface area contributed by atoms with Gasteiger partial charge in [-0.15, -0.1) is 11.8 Å². The molecule has 0 fully saturated rings. The van der Waals surface area contributed by atoms with Crippen LogP contribution in [0.2, 0.25) is 0 Å². The molecule has 2 aromatic carbocycles. The number of thioether (sulfide) groups is 1. The SMILES string of the molecule is CSc1ccc(/C=C2/C(C)=C(CCC#N)c3cc(F)ccc32)cc1. The predicted octanol–water partition coefficient (Wildman–Crippen LogP) is 6.18. The Balaban J connectivity index is 2.08. The Bertz CT molecular complexity index is 870. The van der Waals surface area contributed by atoms with Gasteiger partial charge in [0, 0.05) is 11.3 Å². The first kappa shape index (κ1) is 16.5. The number of halogens is 1. The Kier molecular flexibility index (Phi) is 4.87. The van der Waals surface area contributed by atoms with Gasteiger partial charge in [0.2, 0.25) is 0 Å². The van der Waals surface area contributed by atoms with Crippen molar-refractivity contribution in [3.05, 3.63) is 70.5 Å². The van der Waals surface area contributed by atoms with Crippen LogP contribution < -0.4 is 0 Å². The molecule has 0 saturated heterocycles. The van der Waals surface area contributed by atoms with Crippen molar-refractivity contribution < 1.29 is 4.39 Å². The van der Waals surface area contributed by atoms with Crippen LogP contribution in [0, 0.1) is 17.1 Å². The first-order valence-electron chi connectivity index (χ1n) is 7.87. The van der Waals surface area contributed by atoms with E-state index >= 15 is 0 Å². The van der Waals surface area contributed by atoms with Gasteiger partial charge in [0.05, 0.1) is 6.07 Å². The van der Waals surface area contributed by atoms with E-state index in [1.165, 1.54) is 11.0 Å². The largest absolute Gasteiger partial charge is 0.207 e. The molecule has 0 aromatic heterocycles. The minimum Gasteiger partial charge on any atom is -0.207 e. The van der Waals surface area contributed by atoms with Crippen molar-refractivity contribution in [2.75, 3.05) is 6.26 Å². The fourth-order valence-corrected chi connectivity index (χ4v) is 3.53. The van der Waals surface area contributed by atoms with Crippen LogP contribution in [0.1, 0.15) is 36.5 Å². The number of rotatable bonds is 4. The third-order valence-corrected chi connectivity index (χ3v) is 5.11. The standard InChI is InChI=1S/C21H18FNS/c1-14-18(4-3-11-23)21-13-16(22)7-10-19(21)20(14)12-15-5-8-17(24-2)9-6-15/h5-10,12-13H,3-4H2,1-2H3/b20-12-. The summed E-state index contributed by atoms with van der Waals surface area (Å²) in [6, 6.07) is 15.5. The highest BCUT2D eigenvalue weighted by Crippen LogP contribution is 2.44. The normalized spacial score (nSPS) is 14.8. The van der Waals surface area contributed by atoms with E-state index < -0.39 is 0 Å². The average Bonchev–Trinajstić information content (AvgIpc) is 2.85. The zero-order valence-corrected chi connectivity index (χ0v) is 14.6. The summed E-state index contributed by atoms with van der Waals surface area (Å²) in [6.07, 6.45) is 5.30. The lowest BCUT2D eigenvalue weighted by atomic mass is 10.0. The Morgan fingerprint density at radius 2 is 1.88 bits per heavy atom. The van der Waals surface area contributed by atoms with Gasteiger partial charge in [-0.05, 0) is 83.4 Å². The molecule has 0 bridgehead atoms. The number of nitriles is 1. The number of allylic oxidation sites excluding steroid dienone is 3. The maximum Gasteiger partial charge on any atom is 0.123 e. The summed E-state index contributed by atoms with van der Waals surface area (Å²) in [5.41, 5.74) is 6.44. The number of nitrogens with zero attached hydrogens (tertiary/aromatic N) is 1. The van der Waals surface area contributed by atoms with Crippen molar-refractivity contribution in [3.8, 4) is 6.07 Å². The quantitative estimate of drug-likeness (QED) is 0.623. The Morgan fingerprint density at radius 1 is 1.12 bits per heavy atom. The molecular weight excluding hydrogens is 317 g/mol. The summed E-state index contributed by atoms with van der Waals surface area (Å²) in [4.78, 5) is 1.23. The Labute approximate surface area is 146 Å². The second kappa shape index (κ2) is 7.07. The van der Waals surface area contributed by atoms with Crippen LogP contribution in [-0.2, 0) is 0 Å². The molecule has 0 radical (unpaired) electrons. The summed E-state index contributed by atoms with van der Waals surface area (Å²) in [5, 5.41) is 8.90. The van der Waals surface area contributed by atoms with E-state index in [1.54, 1.807) is 17.8 Å². The zero-order chi connectivity index (χ0) is 17.1. The minimum absolute atomic E-state index is 0.235. The average molecular weight is 335 g/mol. The molecule has 0 N–H and O–H groups in total. The van der Waals surface area contributed by atoms with Gasteiger partial charge in [0.15, 0.2) is 0 Å². The summed E-state index contributed by atoms with van der Waals surface area (Å²) < 4.78 is 13.7. The van der Waals surface area contributed by atoms with Gasteiger partial charge in [0.25, 0.3) is 0 Å². The van der Waals surface area contributed by atoms with Crippen molar-refractivity contribution >= 4 is 29.0 Å². The predicted molar refractivity (Wildman–Crippen MR) is 99.9 cm³/mol. The van der Waals surface area contributed by atoms with E-state index in [4.69, 9.17) is 5.26 Å². The van der Waals surface area contributed by atoms with E-state index in [-0.39, 0.29) is 5.82 Å². The number of benzene rings is 2. The highest BCUT2D eigenvalue weighted by Gasteiger charge is 2.23. The van der Waals surface area contributed by atoms with Gasteiger partial charge in [0.1, 0.15) is 5.82 Å². The fourth-order valence-electron chi connectivity index (χ4n) is 3.12. The smallest absolute Gasteiger partial charge is 0.123 e. The molecule has 120 valence electrons. The van der Waals surface area contributed by atoms with E-state index in [0.29, 0.717) is 12.8 Å². The van der Waals surface area contributed by atoms with Crippen molar-refractivity contribution in [3.63, 3.8) is 0 Å². The van der Waals surface area contributed by atoms with Gasteiger partial charge in [-0.2, -0.15) is 5.26 Å². The van der Waals surface area contributed by atoms with E-state index in [1.807, 2.05) is 6.07 Å². The molecule has 24 heavy (non-hydrogen) atoms. The first-order chi connectivity index (χ1) is 11.6. The van der Waals surface area contributed by atoms with Crippen LogP contribution in [0.4, 0.5) is 4.39 Å². The summed E-state index contributed by atoms with van der Waals surface area (Å²) in [5.74, 6) is -0.235. The molecule has 0 atom stereocenters. The van der Waals surface area contributed by atoms with Gasteiger partial charge in [-0.1, -0.05) is 18.2 Å².